The molecule has 1 saturated heterocycles. The molecule has 3 rings (SSSR count). The van der Waals surface area contributed by atoms with Crippen LogP contribution in [0.25, 0.3) is 0 Å². The van der Waals surface area contributed by atoms with Gasteiger partial charge in [0.25, 0.3) is 0 Å². The Labute approximate surface area is 118 Å². The van der Waals surface area contributed by atoms with E-state index in [2.05, 4.69) is 9.80 Å². The summed E-state index contributed by atoms with van der Waals surface area (Å²) < 4.78 is 0. The lowest BCUT2D eigenvalue weighted by atomic mass is 9.89. The van der Waals surface area contributed by atoms with Crippen LogP contribution in [0.1, 0.15) is 57.8 Å². The summed E-state index contributed by atoms with van der Waals surface area (Å²) in [5.41, 5.74) is 6.33. The Balaban J connectivity index is 1.48. The smallest absolute Gasteiger partial charge is 0.0248 e. The monoisotopic (exact) mass is 265 g/mol. The molecule has 3 heteroatoms. The van der Waals surface area contributed by atoms with Crippen molar-refractivity contribution in [2.24, 2.45) is 5.73 Å². The van der Waals surface area contributed by atoms with Crippen molar-refractivity contribution in [1.82, 2.24) is 9.80 Å². The molecule has 0 aromatic carbocycles. The summed E-state index contributed by atoms with van der Waals surface area (Å²) in [5.74, 6) is 0. The molecule has 0 aromatic heterocycles. The Kier molecular flexibility index (Phi) is 4.78. The summed E-state index contributed by atoms with van der Waals surface area (Å²) in [6.07, 6.45) is 12.6. The molecule has 0 spiro atoms. The summed E-state index contributed by atoms with van der Waals surface area (Å²) in [7, 11) is 0. The first kappa shape index (κ1) is 13.8. The number of rotatable bonds is 2. The van der Waals surface area contributed by atoms with Crippen LogP contribution in [0.3, 0.4) is 0 Å². The molecule has 2 aliphatic carbocycles. The molecule has 19 heavy (non-hydrogen) atoms. The number of hydrogen-bond acceptors (Lipinski definition) is 3. The van der Waals surface area contributed by atoms with Crippen LogP contribution in [-0.4, -0.2) is 54.1 Å². The maximum absolute atomic E-state index is 6.33. The summed E-state index contributed by atoms with van der Waals surface area (Å²) in [6, 6.07) is 2.02. The first-order chi connectivity index (χ1) is 9.34. The van der Waals surface area contributed by atoms with Gasteiger partial charge in [0, 0.05) is 44.3 Å². The molecule has 3 aliphatic rings. The van der Waals surface area contributed by atoms with E-state index < -0.39 is 0 Å². The summed E-state index contributed by atoms with van der Waals surface area (Å²) in [6.45, 7) is 5.09. The molecule has 2 N–H and O–H groups in total. The molecular formula is C16H31N3. The third-order valence-corrected chi connectivity index (χ3v) is 5.69. The molecule has 0 aromatic rings. The van der Waals surface area contributed by atoms with Gasteiger partial charge in [-0.15, -0.1) is 0 Å². The average molecular weight is 265 g/mol. The molecule has 0 amide bonds. The van der Waals surface area contributed by atoms with E-state index in [1.807, 2.05) is 0 Å². The van der Waals surface area contributed by atoms with E-state index in [0.717, 1.165) is 6.04 Å². The maximum Gasteiger partial charge on any atom is 0.0248 e. The third kappa shape index (κ3) is 3.32. The van der Waals surface area contributed by atoms with Crippen LogP contribution in [0.5, 0.6) is 0 Å². The minimum absolute atomic E-state index is 0.440. The van der Waals surface area contributed by atoms with Gasteiger partial charge >= 0.3 is 0 Å². The van der Waals surface area contributed by atoms with E-state index in [0.29, 0.717) is 12.1 Å². The normalized spacial score (nSPS) is 36.5. The Hall–Kier alpha value is -0.120. The van der Waals surface area contributed by atoms with Crippen LogP contribution in [0.4, 0.5) is 0 Å². The van der Waals surface area contributed by atoms with E-state index in [-0.39, 0.29) is 0 Å². The molecule has 0 radical (unpaired) electrons. The van der Waals surface area contributed by atoms with Crippen LogP contribution in [0.2, 0.25) is 0 Å². The zero-order chi connectivity index (χ0) is 13.1. The van der Waals surface area contributed by atoms with Crippen LogP contribution < -0.4 is 5.73 Å². The van der Waals surface area contributed by atoms with Crippen molar-refractivity contribution in [1.29, 1.82) is 0 Å². The van der Waals surface area contributed by atoms with Gasteiger partial charge in [-0.05, 0) is 25.7 Å². The van der Waals surface area contributed by atoms with Gasteiger partial charge in [-0.3, -0.25) is 9.80 Å². The Morgan fingerprint density at radius 3 is 1.89 bits per heavy atom. The van der Waals surface area contributed by atoms with E-state index >= 15 is 0 Å². The van der Waals surface area contributed by atoms with E-state index in [9.17, 15) is 0 Å². The molecular weight excluding hydrogens is 234 g/mol. The first-order valence-corrected chi connectivity index (χ1v) is 8.58. The van der Waals surface area contributed by atoms with Gasteiger partial charge in [-0.2, -0.15) is 0 Å². The van der Waals surface area contributed by atoms with Gasteiger partial charge in [-0.25, -0.2) is 0 Å². The SMILES string of the molecule is NC1CCCCC1N1CCN(C2CCCCC2)CC1. The summed E-state index contributed by atoms with van der Waals surface area (Å²) in [4.78, 5) is 5.47. The standard InChI is InChI=1S/C16H31N3/c17-15-8-4-5-9-16(15)19-12-10-18(11-13-19)14-6-2-1-3-7-14/h14-16H,1-13,17H2. The molecule has 110 valence electrons. The highest BCUT2D eigenvalue weighted by molar-refractivity contribution is 4.89. The van der Waals surface area contributed by atoms with Crippen molar-refractivity contribution in [3.05, 3.63) is 0 Å². The Bertz CT molecular complexity index is 267. The highest BCUT2D eigenvalue weighted by atomic mass is 15.3. The van der Waals surface area contributed by atoms with Gasteiger partial charge in [-0.1, -0.05) is 32.1 Å². The largest absolute Gasteiger partial charge is 0.326 e. The first-order valence-electron chi connectivity index (χ1n) is 8.58. The van der Waals surface area contributed by atoms with Gasteiger partial charge in [0.05, 0.1) is 0 Å². The molecule has 2 saturated carbocycles. The lowest BCUT2D eigenvalue weighted by Gasteiger charge is -2.45. The second kappa shape index (κ2) is 6.55. The average Bonchev–Trinajstić information content (AvgIpc) is 2.49. The minimum Gasteiger partial charge on any atom is -0.326 e. The number of piperazine rings is 1. The number of hydrogen-bond donors (Lipinski definition) is 1. The fourth-order valence-corrected chi connectivity index (χ4v) is 4.47. The van der Waals surface area contributed by atoms with Gasteiger partial charge < -0.3 is 5.73 Å². The zero-order valence-corrected chi connectivity index (χ0v) is 12.4. The third-order valence-electron chi connectivity index (χ3n) is 5.69. The molecule has 1 aliphatic heterocycles. The fourth-order valence-electron chi connectivity index (χ4n) is 4.47. The Morgan fingerprint density at radius 1 is 0.632 bits per heavy atom. The van der Waals surface area contributed by atoms with Crippen LogP contribution in [0, 0.1) is 0 Å². The molecule has 3 nitrogen and oxygen atoms in total. The van der Waals surface area contributed by atoms with Crippen molar-refractivity contribution in [2.45, 2.75) is 75.9 Å². The lowest BCUT2D eigenvalue weighted by molar-refractivity contribution is 0.0401. The van der Waals surface area contributed by atoms with Crippen LogP contribution >= 0.6 is 0 Å². The highest BCUT2D eigenvalue weighted by Gasteiger charge is 2.31. The van der Waals surface area contributed by atoms with Crippen LogP contribution in [-0.2, 0) is 0 Å². The number of nitrogens with two attached hydrogens (primary N) is 1. The zero-order valence-electron chi connectivity index (χ0n) is 12.4. The maximum atomic E-state index is 6.33. The molecule has 1 heterocycles. The molecule has 0 bridgehead atoms. The summed E-state index contributed by atoms with van der Waals surface area (Å²) in [5, 5.41) is 0. The lowest BCUT2D eigenvalue weighted by Crippen LogP contribution is -2.58. The fraction of sp³-hybridized carbons (Fsp3) is 1.00. The van der Waals surface area contributed by atoms with Crippen molar-refractivity contribution >= 4 is 0 Å². The number of nitrogens with zero attached hydrogens (tertiary/aromatic N) is 2. The molecule has 3 fully saturated rings. The van der Waals surface area contributed by atoms with Crippen molar-refractivity contribution in [3.8, 4) is 0 Å². The second-order valence-corrected chi connectivity index (χ2v) is 6.88. The van der Waals surface area contributed by atoms with Gasteiger partial charge in [0.1, 0.15) is 0 Å². The predicted molar refractivity (Wildman–Crippen MR) is 80.3 cm³/mol. The molecule has 2 atom stereocenters. The Morgan fingerprint density at radius 2 is 1.21 bits per heavy atom. The second-order valence-electron chi connectivity index (χ2n) is 6.88. The minimum atomic E-state index is 0.440. The highest BCUT2D eigenvalue weighted by Crippen LogP contribution is 2.26. The topological polar surface area (TPSA) is 32.5 Å². The molecule has 2 unspecified atom stereocenters. The van der Waals surface area contributed by atoms with Gasteiger partial charge in [0.2, 0.25) is 0 Å². The van der Waals surface area contributed by atoms with Crippen LogP contribution in [0.15, 0.2) is 0 Å². The van der Waals surface area contributed by atoms with E-state index in [4.69, 9.17) is 5.73 Å². The van der Waals surface area contributed by atoms with E-state index in [1.54, 1.807) is 0 Å². The van der Waals surface area contributed by atoms with E-state index in [1.165, 1.54) is 84.0 Å². The quantitative estimate of drug-likeness (QED) is 0.831. The van der Waals surface area contributed by atoms with Crippen molar-refractivity contribution < 1.29 is 0 Å². The predicted octanol–water partition coefficient (Wildman–Crippen LogP) is 2.21. The summed E-state index contributed by atoms with van der Waals surface area (Å²) >= 11 is 0. The van der Waals surface area contributed by atoms with Crippen molar-refractivity contribution in [3.63, 3.8) is 0 Å². The van der Waals surface area contributed by atoms with Crippen molar-refractivity contribution in [2.75, 3.05) is 26.2 Å². The van der Waals surface area contributed by atoms with Gasteiger partial charge in [0.15, 0.2) is 0 Å².